The van der Waals surface area contributed by atoms with Gasteiger partial charge in [-0.25, -0.2) is 4.98 Å². The lowest BCUT2D eigenvalue weighted by atomic mass is 10.2. The minimum Gasteiger partial charge on any atom is -0.351 e. The first-order valence-electron chi connectivity index (χ1n) is 5.30. The lowest BCUT2D eigenvalue weighted by Gasteiger charge is -2.15. The van der Waals surface area contributed by atoms with Crippen LogP contribution in [-0.4, -0.2) is 29.8 Å². The number of pyridine rings is 1. The fourth-order valence-corrected chi connectivity index (χ4v) is 2.17. The third-order valence-corrected chi connectivity index (χ3v) is 3.48. The van der Waals surface area contributed by atoms with Crippen molar-refractivity contribution in [3.05, 3.63) is 41.2 Å². The van der Waals surface area contributed by atoms with Gasteiger partial charge in [-0.2, -0.15) is 0 Å². The number of anilines is 1. The van der Waals surface area contributed by atoms with Crippen molar-refractivity contribution < 1.29 is 4.79 Å². The molecular weight excluding hydrogens is 234 g/mol. The van der Waals surface area contributed by atoms with Crippen molar-refractivity contribution in [1.82, 2.24) is 9.97 Å². The number of rotatable bonds is 5. The number of carbonyl (C=O) groups is 1. The summed E-state index contributed by atoms with van der Waals surface area (Å²) in [5, 5.41) is 0.876. The van der Waals surface area contributed by atoms with Crippen LogP contribution in [0.3, 0.4) is 0 Å². The highest BCUT2D eigenvalue weighted by atomic mass is 32.1. The molecular formula is C12H13N3OS. The van der Waals surface area contributed by atoms with Gasteiger partial charge in [0.2, 0.25) is 0 Å². The SMILES string of the molecule is CN(CCc1ccncc1)c1ncc(C=O)s1. The number of aldehydes is 1. The Hall–Kier alpha value is -1.75. The largest absolute Gasteiger partial charge is 0.351 e. The van der Waals surface area contributed by atoms with Crippen LogP contribution < -0.4 is 4.90 Å². The van der Waals surface area contributed by atoms with E-state index in [0.29, 0.717) is 4.88 Å². The maximum absolute atomic E-state index is 10.6. The third kappa shape index (κ3) is 3.10. The fourth-order valence-electron chi connectivity index (χ4n) is 1.45. The number of nitrogens with zero attached hydrogens (tertiary/aromatic N) is 3. The molecule has 0 radical (unpaired) electrons. The van der Waals surface area contributed by atoms with Crippen LogP contribution in [0.5, 0.6) is 0 Å². The van der Waals surface area contributed by atoms with E-state index in [2.05, 4.69) is 14.9 Å². The standard InChI is InChI=1S/C12H13N3OS/c1-15(12-14-8-11(9-16)17-12)7-4-10-2-5-13-6-3-10/h2-3,5-6,8-9H,4,7H2,1H3. The van der Waals surface area contributed by atoms with Gasteiger partial charge in [-0.1, -0.05) is 11.3 Å². The van der Waals surface area contributed by atoms with E-state index in [9.17, 15) is 4.79 Å². The zero-order valence-corrected chi connectivity index (χ0v) is 10.4. The van der Waals surface area contributed by atoms with Crippen LogP contribution in [0.2, 0.25) is 0 Å². The minimum absolute atomic E-state index is 0.663. The van der Waals surface area contributed by atoms with Gasteiger partial charge in [-0.05, 0) is 24.1 Å². The smallest absolute Gasteiger partial charge is 0.185 e. The van der Waals surface area contributed by atoms with Crippen molar-refractivity contribution in [3.8, 4) is 0 Å². The summed E-state index contributed by atoms with van der Waals surface area (Å²) in [6, 6.07) is 4.01. The van der Waals surface area contributed by atoms with E-state index < -0.39 is 0 Å². The first kappa shape index (κ1) is 11.7. The van der Waals surface area contributed by atoms with Crippen LogP contribution in [0.4, 0.5) is 5.13 Å². The van der Waals surface area contributed by atoms with Crippen LogP contribution in [0.15, 0.2) is 30.7 Å². The Morgan fingerprint density at radius 3 is 2.82 bits per heavy atom. The summed E-state index contributed by atoms with van der Waals surface area (Å²) in [5.41, 5.74) is 1.25. The Morgan fingerprint density at radius 1 is 1.41 bits per heavy atom. The summed E-state index contributed by atoms with van der Waals surface area (Å²) in [4.78, 5) is 21.5. The van der Waals surface area contributed by atoms with Crippen molar-refractivity contribution in [1.29, 1.82) is 0 Å². The molecule has 88 valence electrons. The molecule has 5 heteroatoms. The molecule has 0 unspecified atom stereocenters. The van der Waals surface area contributed by atoms with Crippen LogP contribution in [0, 0.1) is 0 Å². The Kier molecular flexibility index (Phi) is 3.82. The van der Waals surface area contributed by atoms with E-state index in [4.69, 9.17) is 0 Å². The first-order valence-corrected chi connectivity index (χ1v) is 6.12. The van der Waals surface area contributed by atoms with Gasteiger partial charge in [-0.3, -0.25) is 9.78 Å². The molecule has 0 aliphatic heterocycles. The Labute approximate surface area is 104 Å². The van der Waals surface area contributed by atoms with E-state index in [1.807, 2.05) is 19.2 Å². The zero-order chi connectivity index (χ0) is 12.1. The molecule has 2 aromatic rings. The summed E-state index contributed by atoms with van der Waals surface area (Å²) < 4.78 is 0. The highest BCUT2D eigenvalue weighted by Crippen LogP contribution is 2.20. The molecule has 4 nitrogen and oxygen atoms in total. The summed E-state index contributed by atoms with van der Waals surface area (Å²) in [6.45, 7) is 0.871. The second kappa shape index (κ2) is 5.54. The van der Waals surface area contributed by atoms with Gasteiger partial charge in [0.05, 0.1) is 11.1 Å². The van der Waals surface area contributed by atoms with Gasteiger partial charge in [0, 0.05) is 26.0 Å². The number of aromatic nitrogens is 2. The van der Waals surface area contributed by atoms with E-state index in [1.54, 1.807) is 18.6 Å². The highest BCUT2D eigenvalue weighted by molar-refractivity contribution is 7.17. The summed E-state index contributed by atoms with van der Waals surface area (Å²) in [7, 11) is 1.98. The summed E-state index contributed by atoms with van der Waals surface area (Å²) in [5.74, 6) is 0. The quantitative estimate of drug-likeness (QED) is 0.758. The molecule has 0 spiro atoms. The number of carbonyl (C=O) groups excluding carboxylic acids is 1. The summed E-state index contributed by atoms with van der Waals surface area (Å²) in [6.07, 6.45) is 6.97. The number of hydrogen-bond acceptors (Lipinski definition) is 5. The molecule has 2 aromatic heterocycles. The molecule has 2 heterocycles. The van der Waals surface area contributed by atoms with Crippen molar-refractivity contribution in [2.24, 2.45) is 0 Å². The Balaban J connectivity index is 1.93. The van der Waals surface area contributed by atoms with Crippen molar-refractivity contribution in [2.75, 3.05) is 18.5 Å². The Morgan fingerprint density at radius 2 is 2.18 bits per heavy atom. The molecule has 2 rings (SSSR count). The zero-order valence-electron chi connectivity index (χ0n) is 9.54. The molecule has 17 heavy (non-hydrogen) atoms. The first-order chi connectivity index (χ1) is 8.29. The molecule has 0 bridgehead atoms. The van der Waals surface area contributed by atoms with Gasteiger partial charge in [-0.15, -0.1) is 0 Å². The average molecular weight is 247 g/mol. The van der Waals surface area contributed by atoms with E-state index in [0.717, 1.165) is 24.4 Å². The monoisotopic (exact) mass is 247 g/mol. The van der Waals surface area contributed by atoms with Crippen LogP contribution in [-0.2, 0) is 6.42 Å². The van der Waals surface area contributed by atoms with Crippen molar-refractivity contribution in [2.45, 2.75) is 6.42 Å². The number of likely N-dealkylation sites (N-methyl/N-ethyl adjacent to an activating group) is 1. The third-order valence-electron chi connectivity index (χ3n) is 2.44. The van der Waals surface area contributed by atoms with Crippen LogP contribution >= 0.6 is 11.3 Å². The van der Waals surface area contributed by atoms with Crippen molar-refractivity contribution >= 4 is 22.8 Å². The van der Waals surface area contributed by atoms with Crippen LogP contribution in [0.25, 0.3) is 0 Å². The van der Waals surface area contributed by atoms with Crippen LogP contribution in [0.1, 0.15) is 15.2 Å². The van der Waals surface area contributed by atoms with Gasteiger partial charge in [0.25, 0.3) is 0 Å². The second-order valence-electron chi connectivity index (χ2n) is 3.69. The highest BCUT2D eigenvalue weighted by Gasteiger charge is 2.06. The maximum atomic E-state index is 10.6. The number of hydrogen-bond donors (Lipinski definition) is 0. The van der Waals surface area contributed by atoms with E-state index in [1.165, 1.54) is 16.9 Å². The van der Waals surface area contributed by atoms with Gasteiger partial charge < -0.3 is 4.90 Å². The molecule has 0 aliphatic carbocycles. The van der Waals surface area contributed by atoms with E-state index >= 15 is 0 Å². The lowest BCUT2D eigenvalue weighted by molar-refractivity contribution is 0.112. The molecule has 0 saturated heterocycles. The molecule has 0 saturated carbocycles. The average Bonchev–Trinajstić information content (AvgIpc) is 2.86. The Bertz CT molecular complexity index is 484. The maximum Gasteiger partial charge on any atom is 0.185 e. The molecule has 0 amide bonds. The molecule has 0 N–H and O–H groups in total. The van der Waals surface area contributed by atoms with Gasteiger partial charge in [0.15, 0.2) is 11.4 Å². The number of thiazole rings is 1. The molecule has 0 fully saturated rings. The molecule has 0 aromatic carbocycles. The second-order valence-corrected chi connectivity index (χ2v) is 4.73. The lowest BCUT2D eigenvalue weighted by Crippen LogP contribution is -2.19. The predicted molar refractivity (Wildman–Crippen MR) is 68.7 cm³/mol. The van der Waals surface area contributed by atoms with Crippen molar-refractivity contribution in [3.63, 3.8) is 0 Å². The normalized spacial score (nSPS) is 10.2. The molecule has 0 atom stereocenters. The van der Waals surface area contributed by atoms with E-state index in [-0.39, 0.29) is 0 Å². The van der Waals surface area contributed by atoms with Gasteiger partial charge in [0.1, 0.15) is 0 Å². The summed E-state index contributed by atoms with van der Waals surface area (Å²) >= 11 is 1.41. The fraction of sp³-hybridized carbons (Fsp3) is 0.250. The van der Waals surface area contributed by atoms with Gasteiger partial charge >= 0.3 is 0 Å². The predicted octanol–water partition coefficient (Wildman–Crippen LogP) is 2.03. The molecule has 0 aliphatic rings. The minimum atomic E-state index is 0.663. The topological polar surface area (TPSA) is 46.1 Å².